The van der Waals surface area contributed by atoms with Crippen LogP contribution < -0.4 is 5.73 Å². The van der Waals surface area contributed by atoms with Gasteiger partial charge in [-0.25, -0.2) is 0 Å². The van der Waals surface area contributed by atoms with Crippen LogP contribution >= 0.6 is 11.6 Å². The van der Waals surface area contributed by atoms with Gasteiger partial charge in [-0.1, -0.05) is 42.8 Å². The fourth-order valence-corrected chi connectivity index (χ4v) is 2.19. The van der Waals surface area contributed by atoms with Crippen molar-refractivity contribution in [2.45, 2.75) is 25.8 Å². The highest BCUT2D eigenvalue weighted by Gasteiger charge is 2.11. The average Bonchev–Trinajstić information content (AvgIpc) is 2.40. The molecular formula is C15H17ClN2. The first-order valence-electron chi connectivity index (χ1n) is 6.14. The molecule has 0 aliphatic carbocycles. The van der Waals surface area contributed by atoms with Crippen LogP contribution in [0.25, 0.3) is 0 Å². The van der Waals surface area contributed by atoms with Crippen LogP contribution in [0.1, 0.15) is 29.8 Å². The second kappa shape index (κ2) is 5.98. The molecule has 1 aromatic carbocycles. The van der Waals surface area contributed by atoms with Crippen molar-refractivity contribution < 1.29 is 0 Å². The molecule has 18 heavy (non-hydrogen) atoms. The third-order valence-electron chi connectivity index (χ3n) is 3.02. The molecule has 0 fully saturated rings. The molecule has 1 unspecified atom stereocenters. The minimum atomic E-state index is -0.161. The molecule has 1 atom stereocenters. The Hall–Kier alpha value is -1.38. The van der Waals surface area contributed by atoms with Crippen molar-refractivity contribution >= 4 is 11.6 Å². The lowest BCUT2D eigenvalue weighted by molar-refractivity contribution is 0.696. The zero-order chi connectivity index (χ0) is 13.0. The summed E-state index contributed by atoms with van der Waals surface area (Å²) in [5, 5.41) is 0.634. The predicted molar refractivity (Wildman–Crippen MR) is 75.7 cm³/mol. The minimum Gasteiger partial charge on any atom is -0.322 e. The summed E-state index contributed by atoms with van der Waals surface area (Å²) in [5.74, 6) is 0. The molecule has 1 heterocycles. The second-order valence-corrected chi connectivity index (χ2v) is 4.76. The van der Waals surface area contributed by atoms with Crippen LogP contribution in [0.15, 0.2) is 42.6 Å². The lowest BCUT2D eigenvalue weighted by Gasteiger charge is -2.12. The fraction of sp³-hybridized carbons (Fsp3) is 0.267. The van der Waals surface area contributed by atoms with Crippen LogP contribution in [0, 0.1) is 0 Å². The average molecular weight is 261 g/mol. The molecule has 0 aliphatic heterocycles. The van der Waals surface area contributed by atoms with Gasteiger partial charge in [0.05, 0.1) is 16.8 Å². The summed E-state index contributed by atoms with van der Waals surface area (Å²) in [4.78, 5) is 4.25. The second-order valence-electron chi connectivity index (χ2n) is 4.35. The Morgan fingerprint density at radius 2 is 1.83 bits per heavy atom. The number of nitrogens with two attached hydrogens (primary N) is 1. The quantitative estimate of drug-likeness (QED) is 0.913. The maximum absolute atomic E-state index is 6.15. The Bertz CT molecular complexity index is 508. The number of aromatic nitrogens is 1. The van der Waals surface area contributed by atoms with Gasteiger partial charge in [0, 0.05) is 6.20 Å². The maximum Gasteiger partial charge on any atom is 0.0760 e. The molecule has 2 rings (SSSR count). The number of pyridine rings is 1. The third-order valence-corrected chi connectivity index (χ3v) is 3.34. The van der Waals surface area contributed by atoms with Gasteiger partial charge >= 0.3 is 0 Å². The summed E-state index contributed by atoms with van der Waals surface area (Å²) < 4.78 is 0. The lowest BCUT2D eigenvalue weighted by Crippen LogP contribution is -2.15. The number of halogens is 1. The van der Waals surface area contributed by atoms with Crippen molar-refractivity contribution in [2.24, 2.45) is 5.73 Å². The van der Waals surface area contributed by atoms with Crippen LogP contribution in [0.4, 0.5) is 0 Å². The summed E-state index contributed by atoms with van der Waals surface area (Å²) in [6, 6.07) is 12.0. The van der Waals surface area contributed by atoms with Gasteiger partial charge in [0.15, 0.2) is 0 Å². The SMILES string of the molecule is CCc1ccc(CC(N)c2ncccc2Cl)cc1. The van der Waals surface area contributed by atoms with E-state index in [0.29, 0.717) is 5.02 Å². The maximum atomic E-state index is 6.15. The molecule has 2 aromatic rings. The smallest absolute Gasteiger partial charge is 0.0760 e. The largest absolute Gasteiger partial charge is 0.322 e. The van der Waals surface area contributed by atoms with Crippen molar-refractivity contribution in [2.75, 3.05) is 0 Å². The highest BCUT2D eigenvalue weighted by molar-refractivity contribution is 6.31. The molecular weight excluding hydrogens is 244 g/mol. The number of benzene rings is 1. The molecule has 1 aromatic heterocycles. The summed E-state index contributed by atoms with van der Waals surface area (Å²) in [6.07, 6.45) is 3.53. The molecule has 0 bridgehead atoms. The van der Waals surface area contributed by atoms with Crippen LogP contribution in [0.5, 0.6) is 0 Å². The van der Waals surface area contributed by atoms with Gasteiger partial charge in [0.2, 0.25) is 0 Å². The van der Waals surface area contributed by atoms with Crippen LogP contribution in [0.3, 0.4) is 0 Å². The highest BCUT2D eigenvalue weighted by Crippen LogP contribution is 2.21. The standard InChI is InChI=1S/C15H17ClN2/c1-2-11-5-7-12(8-6-11)10-14(17)15-13(16)4-3-9-18-15/h3-9,14H,2,10,17H2,1H3. The zero-order valence-electron chi connectivity index (χ0n) is 10.4. The summed E-state index contributed by atoms with van der Waals surface area (Å²) >= 11 is 6.09. The van der Waals surface area contributed by atoms with Crippen molar-refractivity contribution in [3.05, 3.63) is 64.4 Å². The number of hydrogen-bond acceptors (Lipinski definition) is 2. The Morgan fingerprint density at radius 3 is 2.44 bits per heavy atom. The molecule has 0 spiro atoms. The first kappa shape index (κ1) is 13.1. The van der Waals surface area contributed by atoms with Gasteiger partial charge in [0.1, 0.15) is 0 Å². The molecule has 0 amide bonds. The van der Waals surface area contributed by atoms with Crippen LogP contribution in [-0.4, -0.2) is 4.98 Å². The number of nitrogens with zero attached hydrogens (tertiary/aromatic N) is 1. The third kappa shape index (κ3) is 3.09. The van der Waals surface area contributed by atoms with Gasteiger partial charge in [-0.2, -0.15) is 0 Å². The van der Waals surface area contributed by atoms with E-state index in [4.69, 9.17) is 17.3 Å². The van der Waals surface area contributed by atoms with Gasteiger partial charge in [-0.3, -0.25) is 4.98 Å². The van der Waals surface area contributed by atoms with Crippen LogP contribution in [0.2, 0.25) is 5.02 Å². The van der Waals surface area contributed by atoms with E-state index >= 15 is 0 Å². The van der Waals surface area contributed by atoms with Gasteiger partial charge in [-0.05, 0) is 36.1 Å². The topological polar surface area (TPSA) is 38.9 Å². The summed E-state index contributed by atoms with van der Waals surface area (Å²) in [5.41, 5.74) is 9.46. The first-order chi connectivity index (χ1) is 8.70. The Balaban J connectivity index is 2.11. The highest BCUT2D eigenvalue weighted by atomic mass is 35.5. The first-order valence-corrected chi connectivity index (χ1v) is 6.52. The van der Waals surface area contributed by atoms with E-state index in [-0.39, 0.29) is 6.04 Å². The molecule has 0 radical (unpaired) electrons. The van der Waals surface area contributed by atoms with E-state index in [1.165, 1.54) is 11.1 Å². The normalized spacial score (nSPS) is 12.4. The number of hydrogen-bond donors (Lipinski definition) is 1. The molecule has 94 valence electrons. The monoisotopic (exact) mass is 260 g/mol. The Labute approximate surface area is 113 Å². The summed E-state index contributed by atoms with van der Waals surface area (Å²) in [6.45, 7) is 2.15. The van der Waals surface area contributed by atoms with E-state index < -0.39 is 0 Å². The van der Waals surface area contributed by atoms with Crippen molar-refractivity contribution in [1.29, 1.82) is 0 Å². The molecule has 0 saturated heterocycles. The van der Waals surface area contributed by atoms with Crippen molar-refractivity contribution in [1.82, 2.24) is 4.98 Å². The van der Waals surface area contributed by atoms with Gasteiger partial charge < -0.3 is 5.73 Å². The predicted octanol–water partition coefficient (Wildman–Crippen LogP) is 3.54. The van der Waals surface area contributed by atoms with Gasteiger partial charge in [0.25, 0.3) is 0 Å². The van der Waals surface area contributed by atoms with Crippen molar-refractivity contribution in [3.63, 3.8) is 0 Å². The molecule has 2 nitrogen and oxygen atoms in total. The molecule has 2 N–H and O–H groups in total. The molecule has 3 heteroatoms. The lowest BCUT2D eigenvalue weighted by atomic mass is 10.0. The van der Waals surface area contributed by atoms with E-state index in [0.717, 1.165) is 18.5 Å². The Morgan fingerprint density at radius 1 is 1.17 bits per heavy atom. The van der Waals surface area contributed by atoms with Crippen molar-refractivity contribution in [3.8, 4) is 0 Å². The number of rotatable bonds is 4. The molecule has 0 saturated carbocycles. The van der Waals surface area contributed by atoms with Gasteiger partial charge in [-0.15, -0.1) is 0 Å². The van der Waals surface area contributed by atoms with E-state index in [1.807, 2.05) is 12.1 Å². The molecule has 0 aliphatic rings. The van der Waals surface area contributed by atoms with E-state index in [1.54, 1.807) is 6.20 Å². The zero-order valence-corrected chi connectivity index (χ0v) is 11.2. The minimum absolute atomic E-state index is 0.161. The van der Waals surface area contributed by atoms with Crippen LogP contribution in [-0.2, 0) is 12.8 Å². The Kier molecular flexibility index (Phi) is 4.34. The summed E-state index contributed by atoms with van der Waals surface area (Å²) in [7, 11) is 0. The fourth-order valence-electron chi connectivity index (χ4n) is 1.93. The van der Waals surface area contributed by atoms with E-state index in [2.05, 4.69) is 36.2 Å². The van der Waals surface area contributed by atoms with E-state index in [9.17, 15) is 0 Å². The number of aryl methyl sites for hydroxylation is 1.